The van der Waals surface area contributed by atoms with E-state index in [0.29, 0.717) is 12.4 Å². The van der Waals surface area contributed by atoms with Crippen molar-refractivity contribution in [2.24, 2.45) is 10.2 Å². The number of unbranched alkanes of at least 4 members (excludes halogenated alkanes) is 1. The van der Waals surface area contributed by atoms with Gasteiger partial charge < -0.3 is 9.67 Å². The first-order valence-corrected chi connectivity index (χ1v) is 8.10. The monoisotopic (exact) mass is 304 g/mol. The molecule has 1 heterocycles. The van der Waals surface area contributed by atoms with Gasteiger partial charge in [0.2, 0.25) is 5.17 Å². The summed E-state index contributed by atoms with van der Waals surface area (Å²) in [6.07, 6.45) is 2.16. The van der Waals surface area contributed by atoms with Gasteiger partial charge in [0.05, 0.1) is 5.52 Å². The summed E-state index contributed by atoms with van der Waals surface area (Å²) in [5, 5.41) is 27.0. The van der Waals surface area contributed by atoms with E-state index in [9.17, 15) is 5.11 Å². The fraction of sp³-hybridized carbons (Fsp3) is 0.400. The van der Waals surface area contributed by atoms with Crippen LogP contribution in [0, 0.1) is 5.41 Å². The molecule has 0 aliphatic heterocycles. The molecule has 1 aromatic carbocycles. The number of aromatic hydroxyl groups is 1. The molecule has 21 heavy (non-hydrogen) atoms. The molecule has 1 aromatic heterocycles. The van der Waals surface area contributed by atoms with Gasteiger partial charge in [-0.1, -0.05) is 37.2 Å². The molecule has 2 N–H and O–H groups in total. The number of aromatic nitrogens is 1. The molecule has 0 fully saturated rings. The lowest BCUT2D eigenvalue weighted by Crippen LogP contribution is -1.92. The first-order chi connectivity index (χ1) is 10.2. The summed E-state index contributed by atoms with van der Waals surface area (Å²) in [5.74, 6) is 1.42. The Kier molecular flexibility index (Phi) is 5.38. The normalized spacial score (nSPS) is 11.5. The third-order valence-corrected chi connectivity index (χ3v) is 4.05. The van der Waals surface area contributed by atoms with E-state index >= 15 is 0 Å². The average molecular weight is 304 g/mol. The van der Waals surface area contributed by atoms with Gasteiger partial charge in [0.25, 0.3) is 0 Å². The SMILES string of the molecule is CCCCSC(=N)/N=N/c1c(O)c2ccccc2n1CC. The van der Waals surface area contributed by atoms with Crippen LogP contribution in [0.25, 0.3) is 10.9 Å². The van der Waals surface area contributed by atoms with Gasteiger partial charge in [0.1, 0.15) is 0 Å². The number of nitrogens with zero attached hydrogens (tertiary/aromatic N) is 3. The maximum atomic E-state index is 10.3. The maximum absolute atomic E-state index is 10.3. The molecule has 0 saturated heterocycles. The molecule has 6 heteroatoms. The van der Waals surface area contributed by atoms with Gasteiger partial charge in [-0.2, -0.15) is 0 Å². The highest BCUT2D eigenvalue weighted by Crippen LogP contribution is 2.38. The Bertz CT molecular complexity index is 663. The van der Waals surface area contributed by atoms with Crippen molar-refractivity contribution < 1.29 is 5.11 Å². The molecule has 112 valence electrons. The van der Waals surface area contributed by atoms with Gasteiger partial charge in [-0.15, -0.1) is 10.2 Å². The minimum atomic E-state index is 0.127. The van der Waals surface area contributed by atoms with Gasteiger partial charge in [-0.25, -0.2) is 0 Å². The van der Waals surface area contributed by atoms with Crippen LogP contribution in [-0.4, -0.2) is 20.6 Å². The van der Waals surface area contributed by atoms with Crippen LogP contribution in [0.15, 0.2) is 34.5 Å². The topological polar surface area (TPSA) is 73.7 Å². The van der Waals surface area contributed by atoms with Gasteiger partial charge in [0, 0.05) is 17.7 Å². The van der Waals surface area contributed by atoms with Crippen molar-refractivity contribution in [3.63, 3.8) is 0 Å². The summed E-state index contributed by atoms with van der Waals surface area (Å²) in [6, 6.07) is 7.61. The lowest BCUT2D eigenvalue weighted by Gasteiger charge is -2.02. The standard InChI is InChI=1S/C15H20N4OS/c1-3-5-10-21-15(16)18-17-14-13(20)11-8-6-7-9-12(11)19(14)4-2/h6-9,16,20H,3-5,10H2,1-2H3/b16-15?,18-17+. The fourth-order valence-electron chi connectivity index (χ4n) is 2.13. The highest BCUT2D eigenvalue weighted by atomic mass is 32.2. The summed E-state index contributed by atoms with van der Waals surface area (Å²) >= 11 is 1.38. The Labute approximate surface area is 128 Å². The molecule has 0 aliphatic carbocycles. The number of amidine groups is 1. The molecule has 0 aliphatic rings. The van der Waals surface area contributed by atoms with Crippen LogP contribution in [0.4, 0.5) is 5.82 Å². The second kappa shape index (κ2) is 7.26. The minimum Gasteiger partial charge on any atom is -0.504 e. The predicted octanol–water partition coefficient (Wildman–Crippen LogP) is 4.92. The number of nitrogens with one attached hydrogen (secondary N) is 1. The molecule has 0 unspecified atom stereocenters. The van der Waals surface area contributed by atoms with E-state index < -0.39 is 0 Å². The van der Waals surface area contributed by atoms with Gasteiger partial charge in [-0.3, -0.25) is 5.41 Å². The summed E-state index contributed by atoms with van der Waals surface area (Å²) in [6.45, 7) is 4.79. The Morgan fingerprint density at radius 2 is 2.10 bits per heavy atom. The number of hydrogen-bond donors (Lipinski definition) is 2. The van der Waals surface area contributed by atoms with E-state index in [0.717, 1.165) is 29.5 Å². The molecule has 0 atom stereocenters. The largest absolute Gasteiger partial charge is 0.504 e. The van der Waals surface area contributed by atoms with E-state index in [1.807, 2.05) is 35.8 Å². The first-order valence-electron chi connectivity index (χ1n) is 7.12. The molecule has 2 aromatic rings. The predicted molar refractivity (Wildman–Crippen MR) is 88.9 cm³/mol. The average Bonchev–Trinajstić information content (AvgIpc) is 2.78. The van der Waals surface area contributed by atoms with Crippen LogP contribution >= 0.6 is 11.8 Å². The van der Waals surface area contributed by atoms with Crippen molar-refractivity contribution in [1.82, 2.24) is 4.57 Å². The number of rotatable bonds is 5. The number of para-hydroxylation sites is 1. The Hall–Kier alpha value is -1.82. The van der Waals surface area contributed by atoms with Crippen molar-refractivity contribution in [2.45, 2.75) is 33.2 Å². The van der Waals surface area contributed by atoms with Crippen LogP contribution < -0.4 is 0 Å². The number of thioether (sulfide) groups is 1. The molecular formula is C15H20N4OS. The fourth-order valence-corrected chi connectivity index (χ4v) is 2.85. The highest BCUT2D eigenvalue weighted by molar-refractivity contribution is 8.13. The van der Waals surface area contributed by atoms with Gasteiger partial charge >= 0.3 is 0 Å². The molecule has 0 amide bonds. The lowest BCUT2D eigenvalue weighted by molar-refractivity contribution is 0.480. The quantitative estimate of drug-likeness (QED) is 0.356. The highest BCUT2D eigenvalue weighted by Gasteiger charge is 2.15. The number of aryl methyl sites for hydroxylation is 1. The van der Waals surface area contributed by atoms with Crippen LogP contribution in [0.2, 0.25) is 0 Å². The number of hydrogen-bond acceptors (Lipinski definition) is 4. The van der Waals surface area contributed by atoms with E-state index in [-0.39, 0.29) is 10.9 Å². The number of fused-ring (bicyclic) bond motifs is 1. The molecular weight excluding hydrogens is 284 g/mol. The van der Waals surface area contributed by atoms with Crippen molar-refractivity contribution in [2.75, 3.05) is 5.75 Å². The van der Waals surface area contributed by atoms with E-state index in [4.69, 9.17) is 5.41 Å². The van der Waals surface area contributed by atoms with Crippen molar-refractivity contribution in [3.8, 4) is 5.75 Å². The molecule has 0 radical (unpaired) electrons. The smallest absolute Gasteiger partial charge is 0.201 e. The molecule has 0 spiro atoms. The molecule has 0 saturated carbocycles. The Morgan fingerprint density at radius 1 is 1.33 bits per heavy atom. The van der Waals surface area contributed by atoms with Crippen LogP contribution in [0.5, 0.6) is 5.75 Å². The van der Waals surface area contributed by atoms with Crippen LogP contribution in [-0.2, 0) is 6.54 Å². The third-order valence-electron chi connectivity index (χ3n) is 3.21. The minimum absolute atomic E-state index is 0.127. The van der Waals surface area contributed by atoms with Crippen molar-refractivity contribution in [1.29, 1.82) is 5.41 Å². The lowest BCUT2D eigenvalue weighted by atomic mass is 10.2. The summed E-state index contributed by atoms with van der Waals surface area (Å²) < 4.78 is 1.90. The van der Waals surface area contributed by atoms with E-state index in [2.05, 4.69) is 17.2 Å². The Morgan fingerprint density at radius 3 is 2.81 bits per heavy atom. The zero-order chi connectivity index (χ0) is 15.2. The van der Waals surface area contributed by atoms with Gasteiger partial charge in [0.15, 0.2) is 11.6 Å². The number of azo groups is 1. The zero-order valence-corrected chi connectivity index (χ0v) is 13.2. The molecule has 5 nitrogen and oxygen atoms in total. The maximum Gasteiger partial charge on any atom is 0.201 e. The second-order valence-corrected chi connectivity index (χ2v) is 5.72. The van der Waals surface area contributed by atoms with E-state index in [1.54, 1.807) is 0 Å². The summed E-state index contributed by atoms with van der Waals surface area (Å²) in [7, 11) is 0. The second-order valence-electron chi connectivity index (χ2n) is 4.64. The van der Waals surface area contributed by atoms with Crippen LogP contribution in [0.1, 0.15) is 26.7 Å². The zero-order valence-electron chi connectivity index (χ0n) is 12.3. The van der Waals surface area contributed by atoms with Gasteiger partial charge in [-0.05, 0) is 25.5 Å². The first kappa shape index (κ1) is 15.6. The summed E-state index contributed by atoms with van der Waals surface area (Å²) in [5.41, 5.74) is 0.927. The van der Waals surface area contributed by atoms with Crippen molar-refractivity contribution in [3.05, 3.63) is 24.3 Å². The Balaban J connectivity index is 2.25. The molecule has 2 rings (SSSR count). The number of benzene rings is 1. The summed E-state index contributed by atoms with van der Waals surface area (Å²) in [4.78, 5) is 0. The molecule has 0 bridgehead atoms. The van der Waals surface area contributed by atoms with E-state index in [1.165, 1.54) is 11.8 Å². The van der Waals surface area contributed by atoms with Crippen LogP contribution in [0.3, 0.4) is 0 Å². The third kappa shape index (κ3) is 3.44. The van der Waals surface area contributed by atoms with Crippen molar-refractivity contribution >= 4 is 33.7 Å².